The van der Waals surface area contributed by atoms with Gasteiger partial charge in [-0.25, -0.2) is 4.39 Å². The SMILES string of the molecule is CCOc1cc(C2C3=C(CC(C)(C)CC3=O)N(C)C3=C2C(=O)CC(C)(C)C3)cc(Br)c1OCc1cccc(F)c1. The van der Waals surface area contributed by atoms with Crippen LogP contribution in [0, 0.1) is 16.6 Å². The zero-order valence-electron chi connectivity index (χ0n) is 24.1. The molecule has 0 atom stereocenters. The topological polar surface area (TPSA) is 55.8 Å². The first-order chi connectivity index (χ1) is 18.8. The van der Waals surface area contributed by atoms with E-state index in [1.54, 1.807) is 12.1 Å². The number of benzene rings is 2. The van der Waals surface area contributed by atoms with Crippen LogP contribution in [0.2, 0.25) is 0 Å². The molecule has 0 N–H and O–H groups in total. The molecular formula is C33H37BrFNO4. The van der Waals surface area contributed by atoms with Crippen molar-refractivity contribution in [3.05, 3.63) is 80.4 Å². The van der Waals surface area contributed by atoms with Crippen molar-refractivity contribution in [2.24, 2.45) is 10.8 Å². The van der Waals surface area contributed by atoms with E-state index in [-0.39, 0.29) is 34.8 Å². The molecule has 0 saturated heterocycles. The maximum atomic E-state index is 13.8. The standard InChI is InChI=1S/C33H37BrFNO4/c1-7-39-27-13-20(12-22(34)31(27)40-18-19-9-8-10-21(35)11-19)28-29-23(14-32(2,3)16-25(29)37)36(6)24-15-33(4,5)17-26(38)30(24)28/h8-13,28H,7,14-18H2,1-6H3. The number of nitrogens with zero attached hydrogens (tertiary/aromatic N) is 1. The molecule has 0 fully saturated rings. The summed E-state index contributed by atoms with van der Waals surface area (Å²) in [6, 6.07) is 10.1. The Morgan fingerprint density at radius 1 is 0.925 bits per heavy atom. The molecule has 5 nitrogen and oxygen atoms in total. The third-order valence-electron chi connectivity index (χ3n) is 8.12. The van der Waals surface area contributed by atoms with Crippen LogP contribution in [0.3, 0.4) is 0 Å². The van der Waals surface area contributed by atoms with Gasteiger partial charge in [0.25, 0.3) is 0 Å². The summed E-state index contributed by atoms with van der Waals surface area (Å²) in [5, 5.41) is 0. The van der Waals surface area contributed by atoms with Gasteiger partial charge in [-0.15, -0.1) is 0 Å². The van der Waals surface area contributed by atoms with Crippen molar-refractivity contribution in [2.45, 2.75) is 72.8 Å². The van der Waals surface area contributed by atoms with Gasteiger partial charge in [0.05, 0.1) is 11.1 Å². The van der Waals surface area contributed by atoms with E-state index in [2.05, 4.69) is 48.5 Å². The Morgan fingerprint density at radius 3 is 2.08 bits per heavy atom. The number of hydrogen-bond acceptors (Lipinski definition) is 5. The van der Waals surface area contributed by atoms with Crippen molar-refractivity contribution in [3.8, 4) is 11.5 Å². The number of carbonyl (C=O) groups is 2. The zero-order chi connectivity index (χ0) is 29.0. The number of allylic oxidation sites excluding steroid dienone is 4. The third kappa shape index (κ3) is 5.37. The lowest BCUT2D eigenvalue weighted by Gasteiger charge is -2.48. The van der Waals surface area contributed by atoms with Crippen LogP contribution in [0.15, 0.2) is 63.4 Å². The molecule has 1 aliphatic heterocycles. The first-order valence-corrected chi connectivity index (χ1v) is 14.7. The van der Waals surface area contributed by atoms with Crippen LogP contribution >= 0.6 is 15.9 Å². The number of carbonyl (C=O) groups excluding carboxylic acids is 2. The largest absolute Gasteiger partial charge is 0.490 e. The van der Waals surface area contributed by atoms with Gasteiger partial charge >= 0.3 is 0 Å². The highest BCUT2D eigenvalue weighted by Crippen LogP contribution is 2.55. The summed E-state index contributed by atoms with van der Waals surface area (Å²) in [6.07, 6.45) is 2.40. The molecule has 0 unspecified atom stereocenters. The molecule has 0 spiro atoms. The van der Waals surface area contributed by atoms with Crippen molar-refractivity contribution in [3.63, 3.8) is 0 Å². The lowest BCUT2D eigenvalue weighted by Crippen LogP contribution is -2.43. The van der Waals surface area contributed by atoms with E-state index < -0.39 is 5.92 Å². The highest BCUT2D eigenvalue weighted by Gasteiger charge is 2.48. The van der Waals surface area contributed by atoms with Gasteiger partial charge in [-0.3, -0.25) is 9.59 Å². The quantitative estimate of drug-likeness (QED) is 0.333. The van der Waals surface area contributed by atoms with Crippen LogP contribution in [-0.4, -0.2) is 30.1 Å². The summed E-state index contributed by atoms with van der Waals surface area (Å²) >= 11 is 3.69. The molecule has 5 rings (SSSR count). The molecule has 3 aliphatic rings. The van der Waals surface area contributed by atoms with Crippen LogP contribution in [0.4, 0.5) is 4.39 Å². The van der Waals surface area contributed by atoms with Gasteiger partial charge in [0.2, 0.25) is 0 Å². The number of hydrogen-bond donors (Lipinski definition) is 0. The molecule has 1 heterocycles. The Hall–Kier alpha value is -2.93. The minimum atomic E-state index is -0.471. The molecule has 2 aromatic carbocycles. The molecule has 212 valence electrons. The monoisotopic (exact) mass is 609 g/mol. The number of rotatable bonds is 6. The predicted molar refractivity (Wildman–Crippen MR) is 157 cm³/mol. The van der Waals surface area contributed by atoms with E-state index in [1.807, 2.05) is 26.1 Å². The van der Waals surface area contributed by atoms with E-state index in [4.69, 9.17) is 9.47 Å². The van der Waals surface area contributed by atoms with Gasteiger partial charge in [0, 0.05) is 48.3 Å². The van der Waals surface area contributed by atoms with Gasteiger partial charge in [-0.1, -0.05) is 39.8 Å². The molecular weight excluding hydrogens is 573 g/mol. The van der Waals surface area contributed by atoms with Crippen LogP contribution in [-0.2, 0) is 16.2 Å². The number of ketones is 2. The van der Waals surface area contributed by atoms with Crippen LogP contribution in [0.1, 0.15) is 77.3 Å². The minimum Gasteiger partial charge on any atom is -0.490 e. The van der Waals surface area contributed by atoms with Crippen molar-refractivity contribution in [1.82, 2.24) is 4.90 Å². The Morgan fingerprint density at radius 2 is 1.52 bits per heavy atom. The lowest BCUT2D eigenvalue weighted by molar-refractivity contribution is -0.119. The van der Waals surface area contributed by atoms with Gasteiger partial charge < -0.3 is 14.4 Å². The minimum absolute atomic E-state index is 0.0906. The maximum Gasteiger partial charge on any atom is 0.175 e. The van der Waals surface area contributed by atoms with Gasteiger partial charge in [0.1, 0.15) is 12.4 Å². The fourth-order valence-electron chi connectivity index (χ4n) is 6.44. The Labute approximate surface area is 244 Å². The van der Waals surface area contributed by atoms with E-state index in [0.717, 1.165) is 40.9 Å². The number of ether oxygens (including phenoxy) is 2. The molecule has 0 amide bonds. The van der Waals surface area contributed by atoms with Crippen LogP contribution in [0.25, 0.3) is 0 Å². The van der Waals surface area contributed by atoms with Crippen molar-refractivity contribution >= 4 is 27.5 Å². The Bertz CT molecular complexity index is 1400. The fraction of sp³-hybridized carbons (Fsp3) is 0.455. The zero-order valence-corrected chi connectivity index (χ0v) is 25.7. The summed E-state index contributed by atoms with van der Waals surface area (Å²) < 4.78 is 26.5. The summed E-state index contributed by atoms with van der Waals surface area (Å²) in [5.74, 6) is 0.399. The second-order valence-corrected chi connectivity index (χ2v) is 13.6. The van der Waals surface area contributed by atoms with E-state index in [9.17, 15) is 14.0 Å². The molecule has 2 aromatic rings. The van der Waals surface area contributed by atoms with E-state index >= 15 is 0 Å². The summed E-state index contributed by atoms with van der Waals surface area (Å²) in [5.41, 5.74) is 4.66. The molecule has 0 aromatic heterocycles. The predicted octanol–water partition coefficient (Wildman–Crippen LogP) is 7.88. The van der Waals surface area contributed by atoms with Crippen LogP contribution < -0.4 is 9.47 Å². The van der Waals surface area contributed by atoms with Crippen molar-refractivity contribution in [1.29, 1.82) is 0 Å². The number of halogens is 2. The van der Waals surface area contributed by atoms with Crippen LogP contribution in [0.5, 0.6) is 11.5 Å². The second kappa shape index (κ2) is 10.5. The molecule has 0 bridgehead atoms. The number of Topliss-reactive ketones (excluding diaryl/α,β-unsaturated/α-hetero) is 2. The Balaban J connectivity index is 1.64. The average Bonchev–Trinajstić information content (AvgIpc) is 2.84. The Kier molecular flexibility index (Phi) is 7.49. The summed E-state index contributed by atoms with van der Waals surface area (Å²) in [7, 11) is 2.01. The maximum absolute atomic E-state index is 13.8. The molecule has 2 aliphatic carbocycles. The fourth-order valence-corrected chi connectivity index (χ4v) is 7.01. The van der Waals surface area contributed by atoms with Gasteiger partial charge in [0.15, 0.2) is 23.1 Å². The lowest BCUT2D eigenvalue weighted by atomic mass is 9.64. The molecule has 40 heavy (non-hydrogen) atoms. The van der Waals surface area contributed by atoms with Gasteiger partial charge in [-0.2, -0.15) is 0 Å². The first kappa shape index (κ1) is 28.6. The highest BCUT2D eigenvalue weighted by atomic mass is 79.9. The molecule has 7 heteroatoms. The van der Waals surface area contributed by atoms with E-state index in [1.165, 1.54) is 12.1 Å². The first-order valence-electron chi connectivity index (χ1n) is 13.9. The average molecular weight is 611 g/mol. The van der Waals surface area contributed by atoms with Gasteiger partial charge in [-0.05, 0) is 81.9 Å². The molecule has 0 saturated carbocycles. The second-order valence-electron chi connectivity index (χ2n) is 12.8. The molecule has 0 radical (unpaired) electrons. The van der Waals surface area contributed by atoms with Crippen molar-refractivity contribution in [2.75, 3.05) is 13.7 Å². The smallest absolute Gasteiger partial charge is 0.175 e. The van der Waals surface area contributed by atoms with Crippen molar-refractivity contribution < 1.29 is 23.5 Å². The third-order valence-corrected chi connectivity index (χ3v) is 8.71. The summed E-state index contributed by atoms with van der Waals surface area (Å²) in [4.78, 5) is 29.8. The normalized spacial score (nSPS) is 20.4. The highest BCUT2D eigenvalue weighted by molar-refractivity contribution is 9.10. The van der Waals surface area contributed by atoms with E-state index in [0.29, 0.717) is 41.0 Å². The summed E-state index contributed by atoms with van der Waals surface area (Å²) in [6.45, 7) is 11.0.